The molecule has 2 aromatic heterocycles. The molecule has 5 nitrogen and oxygen atoms in total. The fraction of sp³-hybridized carbons (Fsp3) is 0.292. The van der Waals surface area contributed by atoms with Crippen LogP contribution in [0.5, 0.6) is 0 Å². The van der Waals surface area contributed by atoms with Crippen LogP contribution in [-0.2, 0) is 11.3 Å². The van der Waals surface area contributed by atoms with Crippen LogP contribution in [-0.4, -0.2) is 32.7 Å². The highest BCUT2D eigenvalue weighted by Crippen LogP contribution is 2.33. The smallest absolute Gasteiger partial charge is 0.229 e. The quantitative estimate of drug-likeness (QED) is 0.259. The van der Waals surface area contributed by atoms with Crippen molar-refractivity contribution in [1.82, 2.24) is 14.5 Å². The zero-order valence-corrected chi connectivity index (χ0v) is 20.5. The summed E-state index contributed by atoms with van der Waals surface area (Å²) >= 11 is 9.24. The normalized spacial score (nSPS) is 11.2. The van der Waals surface area contributed by atoms with Gasteiger partial charge in [0.2, 0.25) is 5.91 Å². The van der Waals surface area contributed by atoms with Crippen molar-refractivity contribution in [3.05, 3.63) is 71.3 Å². The monoisotopic (exact) mass is 484 g/mol. The van der Waals surface area contributed by atoms with Gasteiger partial charge in [-0.25, -0.2) is 9.97 Å². The van der Waals surface area contributed by atoms with Gasteiger partial charge in [-0.05, 0) is 55.7 Å². The summed E-state index contributed by atoms with van der Waals surface area (Å²) in [5.74, 6) is 0.813. The number of aryl methyl sites for hydroxylation is 3. The van der Waals surface area contributed by atoms with Gasteiger partial charge in [-0.1, -0.05) is 35.1 Å². The number of hydrogen-bond donors (Lipinski definition) is 0. The Balaban J connectivity index is 1.48. The molecule has 0 aliphatic carbocycles. The van der Waals surface area contributed by atoms with Crippen molar-refractivity contribution in [2.75, 3.05) is 17.2 Å². The van der Waals surface area contributed by atoms with Crippen molar-refractivity contribution in [2.45, 2.75) is 38.1 Å². The SMILES string of the molecule is Cc1ccc(C)c2sc(N(CCCn3ccnc3)C(=O)CCSc3ccc(Cl)cc3)nc12. The van der Waals surface area contributed by atoms with Crippen LogP contribution in [0.15, 0.2) is 60.0 Å². The second-order valence-corrected chi connectivity index (χ2v) is 10.2. The van der Waals surface area contributed by atoms with Gasteiger partial charge in [0, 0.05) is 47.6 Å². The second kappa shape index (κ2) is 10.5. The van der Waals surface area contributed by atoms with E-state index in [1.165, 1.54) is 5.56 Å². The number of benzene rings is 2. The van der Waals surface area contributed by atoms with Crippen LogP contribution < -0.4 is 4.90 Å². The predicted octanol–water partition coefficient (Wildman–Crippen LogP) is 6.37. The third-order valence-electron chi connectivity index (χ3n) is 5.22. The number of fused-ring (bicyclic) bond motifs is 1. The third-order valence-corrected chi connectivity index (χ3v) is 7.70. The van der Waals surface area contributed by atoms with E-state index in [1.54, 1.807) is 35.6 Å². The highest BCUT2D eigenvalue weighted by molar-refractivity contribution is 7.99. The Hall–Kier alpha value is -2.35. The third kappa shape index (κ3) is 5.52. The highest BCUT2D eigenvalue weighted by atomic mass is 35.5. The Morgan fingerprint density at radius 1 is 1.16 bits per heavy atom. The lowest BCUT2D eigenvalue weighted by Crippen LogP contribution is -2.32. The number of imidazole rings is 1. The standard InChI is InChI=1S/C24H25ClN4OS2/c1-17-4-5-18(2)23-22(17)27-24(32-23)29(13-3-12-28-14-11-26-16-28)21(30)10-15-31-20-8-6-19(25)7-9-20/h4-9,11,14,16H,3,10,12-13,15H2,1-2H3. The number of carbonyl (C=O) groups is 1. The molecule has 1 amide bonds. The molecule has 8 heteroatoms. The summed E-state index contributed by atoms with van der Waals surface area (Å²) in [6.45, 7) is 5.60. The average Bonchev–Trinajstić information content (AvgIpc) is 3.46. The number of thioether (sulfide) groups is 1. The van der Waals surface area contributed by atoms with Gasteiger partial charge in [-0.2, -0.15) is 0 Å². The van der Waals surface area contributed by atoms with E-state index >= 15 is 0 Å². The largest absolute Gasteiger partial charge is 0.337 e. The number of amides is 1. The maximum atomic E-state index is 13.3. The second-order valence-electron chi connectivity index (χ2n) is 7.63. The van der Waals surface area contributed by atoms with Crippen molar-refractivity contribution in [3.8, 4) is 0 Å². The zero-order chi connectivity index (χ0) is 22.5. The molecular formula is C24H25ClN4OS2. The van der Waals surface area contributed by atoms with Crippen LogP contribution in [0, 0.1) is 13.8 Å². The number of carbonyl (C=O) groups excluding carboxylic acids is 1. The van der Waals surface area contributed by atoms with Gasteiger partial charge in [-0.3, -0.25) is 9.69 Å². The molecule has 0 saturated heterocycles. The minimum atomic E-state index is 0.103. The van der Waals surface area contributed by atoms with E-state index in [1.807, 2.05) is 39.9 Å². The Kier molecular flexibility index (Phi) is 7.50. The summed E-state index contributed by atoms with van der Waals surface area (Å²) in [6, 6.07) is 11.9. The van der Waals surface area contributed by atoms with Gasteiger partial charge >= 0.3 is 0 Å². The molecule has 4 rings (SSSR count). The maximum absolute atomic E-state index is 13.3. The first-order valence-electron chi connectivity index (χ1n) is 10.5. The lowest BCUT2D eigenvalue weighted by Gasteiger charge is -2.20. The van der Waals surface area contributed by atoms with E-state index in [0.29, 0.717) is 18.7 Å². The summed E-state index contributed by atoms with van der Waals surface area (Å²) in [4.78, 5) is 25.2. The van der Waals surface area contributed by atoms with Crippen molar-refractivity contribution in [3.63, 3.8) is 0 Å². The van der Waals surface area contributed by atoms with E-state index < -0.39 is 0 Å². The predicted molar refractivity (Wildman–Crippen MR) is 135 cm³/mol. The van der Waals surface area contributed by atoms with Crippen LogP contribution in [0.25, 0.3) is 10.2 Å². The number of aromatic nitrogens is 3. The van der Waals surface area contributed by atoms with Crippen LogP contribution in [0.3, 0.4) is 0 Å². The van der Waals surface area contributed by atoms with Crippen molar-refractivity contribution < 1.29 is 4.79 Å². The van der Waals surface area contributed by atoms with Gasteiger partial charge in [0.1, 0.15) is 0 Å². The molecule has 32 heavy (non-hydrogen) atoms. The topological polar surface area (TPSA) is 51.0 Å². The molecular weight excluding hydrogens is 460 g/mol. The van der Waals surface area contributed by atoms with Gasteiger partial charge in [-0.15, -0.1) is 11.8 Å². The van der Waals surface area contributed by atoms with E-state index in [0.717, 1.165) is 43.8 Å². The number of thiazole rings is 1. The lowest BCUT2D eigenvalue weighted by molar-refractivity contribution is -0.118. The maximum Gasteiger partial charge on any atom is 0.229 e. The molecule has 2 aromatic carbocycles. The van der Waals surface area contributed by atoms with E-state index in [-0.39, 0.29) is 5.91 Å². The number of anilines is 1. The Labute approximate surface area is 201 Å². The molecule has 0 radical (unpaired) electrons. The first-order chi connectivity index (χ1) is 15.5. The fourth-order valence-corrected chi connectivity index (χ4v) is 5.56. The molecule has 0 spiro atoms. The molecule has 0 saturated carbocycles. The molecule has 0 atom stereocenters. The van der Waals surface area contributed by atoms with Crippen molar-refractivity contribution >= 4 is 56.0 Å². The van der Waals surface area contributed by atoms with E-state index in [4.69, 9.17) is 16.6 Å². The Morgan fingerprint density at radius 3 is 2.66 bits per heavy atom. The van der Waals surface area contributed by atoms with Crippen molar-refractivity contribution in [1.29, 1.82) is 0 Å². The zero-order valence-electron chi connectivity index (χ0n) is 18.1. The number of nitrogens with zero attached hydrogens (tertiary/aromatic N) is 4. The van der Waals surface area contributed by atoms with Crippen LogP contribution in [0.4, 0.5) is 5.13 Å². The summed E-state index contributed by atoms with van der Waals surface area (Å²) in [5.41, 5.74) is 3.32. The van der Waals surface area contributed by atoms with Crippen molar-refractivity contribution in [2.24, 2.45) is 0 Å². The van der Waals surface area contributed by atoms with E-state index in [2.05, 4.69) is 31.0 Å². The number of rotatable bonds is 9. The number of hydrogen-bond acceptors (Lipinski definition) is 5. The first kappa shape index (κ1) is 22.8. The highest BCUT2D eigenvalue weighted by Gasteiger charge is 2.20. The molecule has 4 aromatic rings. The van der Waals surface area contributed by atoms with Gasteiger partial charge in [0.25, 0.3) is 0 Å². The minimum Gasteiger partial charge on any atom is -0.337 e. The molecule has 166 valence electrons. The Morgan fingerprint density at radius 2 is 1.94 bits per heavy atom. The molecule has 0 N–H and O–H groups in total. The van der Waals surface area contributed by atoms with Crippen LogP contribution in [0.1, 0.15) is 24.0 Å². The average molecular weight is 485 g/mol. The fourth-order valence-electron chi connectivity index (χ4n) is 3.44. The van der Waals surface area contributed by atoms with Gasteiger partial charge < -0.3 is 4.57 Å². The molecule has 2 heterocycles. The summed E-state index contributed by atoms with van der Waals surface area (Å²) in [7, 11) is 0. The summed E-state index contributed by atoms with van der Waals surface area (Å²) < 4.78 is 3.19. The molecule has 0 fully saturated rings. The summed E-state index contributed by atoms with van der Waals surface area (Å²) in [6.07, 6.45) is 6.81. The van der Waals surface area contributed by atoms with Gasteiger partial charge in [0.05, 0.1) is 16.5 Å². The molecule has 0 unspecified atom stereocenters. The molecule has 0 bridgehead atoms. The molecule has 0 aliphatic rings. The van der Waals surface area contributed by atoms with Crippen LogP contribution in [0.2, 0.25) is 5.02 Å². The number of halogens is 1. The van der Waals surface area contributed by atoms with Crippen LogP contribution >= 0.6 is 34.7 Å². The Bertz CT molecular complexity index is 1150. The van der Waals surface area contributed by atoms with Gasteiger partial charge in [0.15, 0.2) is 5.13 Å². The van der Waals surface area contributed by atoms with E-state index in [9.17, 15) is 4.79 Å². The lowest BCUT2D eigenvalue weighted by atomic mass is 10.1. The minimum absolute atomic E-state index is 0.103. The molecule has 0 aliphatic heterocycles. The summed E-state index contributed by atoms with van der Waals surface area (Å²) in [5, 5.41) is 1.50. The first-order valence-corrected chi connectivity index (χ1v) is 12.7.